The summed E-state index contributed by atoms with van der Waals surface area (Å²) < 4.78 is 26.2. The number of hydrazine groups is 1. The number of aromatic nitrogens is 1. The number of para-hydroxylation sites is 1. The summed E-state index contributed by atoms with van der Waals surface area (Å²) in [6, 6.07) is 13.7. The van der Waals surface area contributed by atoms with Gasteiger partial charge in [-0.25, -0.2) is 8.42 Å². The molecule has 2 amide bonds. The van der Waals surface area contributed by atoms with Gasteiger partial charge in [-0.05, 0) is 36.2 Å². The molecule has 2 aromatic carbocycles. The van der Waals surface area contributed by atoms with E-state index in [1.54, 1.807) is 25.3 Å². The van der Waals surface area contributed by atoms with E-state index in [0.29, 0.717) is 6.42 Å². The van der Waals surface area contributed by atoms with Crippen LogP contribution in [-0.4, -0.2) is 31.0 Å². The van der Waals surface area contributed by atoms with E-state index in [2.05, 4.69) is 20.6 Å². The van der Waals surface area contributed by atoms with Crippen LogP contribution in [0.5, 0.6) is 0 Å². The van der Waals surface area contributed by atoms with Gasteiger partial charge in [-0.3, -0.25) is 25.2 Å². The lowest BCUT2D eigenvalue weighted by molar-refractivity contribution is -0.121. The van der Waals surface area contributed by atoms with Gasteiger partial charge < -0.3 is 4.98 Å². The average Bonchev–Trinajstić information content (AvgIpc) is 3.09. The molecule has 1 aromatic heterocycles. The summed E-state index contributed by atoms with van der Waals surface area (Å²) >= 11 is 0. The van der Waals surface area contributed by atoms with Crippen LogP contribution in [0.1, 0.15) is 29.3 Å². The molecular weight excluding hydrogens is 392 g/mol. The number of hydrogen-bond donors (Lipinski definition) is 4. The Bertz CT molecular complexity index is 1140. The molecule has 8 nitrogen and oxygen atoms in total. The smallest absolute Gasteiger partial charge is 0.269 e. The third kappa shape index (κ3) is 5.35. The minimum absolute atomic E-state index is 0.00663. The molecule has 0 aliphatic heterocycles. The zero-order valence-corrected chi connectivity index (χ0v) is 16.7. The SMILES string of the molecule is CCCS(=O)(=O)Nc1cccc(C(=O)NNC(=O)Cc2c[nH]c3ccccc23)c1. The summed E-state index contributed by atoms with van der Waals surface area (Å²) in [7, 11) is -3.45. The summed E-state index contributed by atoms with van der Waals surface area (Å²) in [4.78, 5) is 27.6. The standard InChI is InChI=1S/C20H22N4O4S/c1-2-10-29(27,28)24-16-7-5-6-14(11-16)20(26)23-22-19(25)12-15-13-21-18-9-4-3-8-17(15)18/h3-9,11,13,21,24H,2,10,12H2,1H3,(H,22,25)(H,23,26). The van der Waals surface area contributed by atoms with Crippen LogP contribution in [0.3, 0.4) is 0 Å². The molecule has 0 aliphatic carbocycles. The Morgan fingerprint density at radius 3 is 2.62 bits per heavy atom. The molecule has 0 radical (unpaired) electrons. The lowest BCUT2D eigenvalue weighted by atomic mass is 10.1. The molecule has 0 bridgehead atoms. The van der Waals surface area contributed by atoms with E-state index in [-0.39, 0.29) is 29.3 Å². The fourth-order valence-corrected chi connectivity index (χ4v) is 4.04. The van der Waals surface area contributed by atoms with Crippen LogP contribution in [0.2, 0.25) is 0 Å². The first-order valence-electron chi connectivity index (χ1n) is 9.12. The summed E-state index contributed by atoms with van der Waals surface area (Å²) in [5, 5.41) is 0.945. The van der Waals surface area contributed by atoms with Gasteiger partial charge in [0.2, 0.25) is 15.9 Å². The summed E-state index contributed by atoms with van der Waals surface area (Å²) in [5.41, 5.74) is 6.99. The fraction of sp³-hybridized carbons (Fsp3) is 0.200. The van der Waals surface area contributed by atoms with Gasteiger partial charge in [0.25, 0.3) is 5.91 Å². The second-order valence-corrected chi connectivity index (χ2v) is 8.38. The monoisotopic (exact) mass is 414 g/mol. The second kappa shape index (κ2) is 8.78. The van der Waals surface area contributed by atoms with E-state index in [1.807, 2.05) is 24.3 Å². The number of amides is 2. The van der Waals surface area contributed by atoms with Gasteiger partial charge in [0.05, 0.1) is 12.2 Å². The minimum atomic E-state index is -3.45. The largest absolute Gasteiger partial charge is 0.361 e. The van der Waals surface area contributed by atoms with E-state index in [0.717, 1.165) is 16.5 Å². The molecule has 3 rings (SSSR count). The van der Waals surface area contributed by atoms with Crippen molar-refractivity contribution >= 4 is 38.4 Å². The lowest BCUT2D eigenvalue weighted by Gasteiger charge is -2.10. The molecule has 29 heavy (non-hydrogen) atoms. The summed E-state index contributed by atoms with van der Waals surface area (Å²) in [5.74, 6) is -0.926. The van der Waals surface area contributed by atoms with Crippen LogP contribution in [-0.2, 0) is 21.2 Å². The maximum Gasteiger partial charge on any atom is 0.269 e. The van der Waals surface area contributed by atoms with E-state index in [1.165, 1.54) is 12.1 Å². The van der Waals surface area contributed by atoms with Gasteiger partial charge in [-0.1, -0.05) is 31.2 Å². The molecule has 0 spiro atoms. The molecule has 9 heteroatoms. The van der Waals surface area contributed by atoms with Crippen LogP contribution in [0, 0.1) is 0 Å². The quantitative estimate of drug-likeness (QED) is 0.444. The summed E-state index contributed by atoms with van der Waals surface area (Å²) in [6.45, 7) is 1.77. The Labute approximate surface area is 168 Å². The van der Waals surface area contributed by atoms with Crippen LogP contribution in [0.4, 0.5) is 5.69 Å². The number of carbonyl (C=O) groups excluding carboxylic acids is 2. The number of anilines is 1. The number of hydrogen-bond acceptors (Lipinski definition) is 4. The number of nitrogens with one attached hydrogen (secondary N) is 4. The van der Waals surface area contributed by atoms with Crippen LogP contribution in [0.15, 0.2) is 54.7 Å². The molecule has 0 atom stereocenters. The van der Waals surface area contributed by atoms with Gasteiger partial charge in [-0.15, -0.1) is 0 Å². The maximum absolute atomic E-state index is 12.3. The lowest BCUT2D eigenvalue weighted by Crippen LogP contribution is -2.42. The number of H-pyrrole nitrogens is 1. The van der Waals surface area contributed by atoms with Crippen molar-refractivity contribution in [3.05, 3.63) is 65.9 Å². The molecule has 0 aliphatic rings. The highest BCUT2D eigenvalue weighted by molar-refractivity contribution is 7.92. The first kappa shape index (κ1) is 20.4. The molecule has 1 heterocycles. The molecule has 0 saturated carbocycles. The predicted octanol–water partition coefficient (Wildman–Crippen LogP) is 2.32. The van der Waals surface area contributed by atoms with Crippen molar-refractivity contribution in [3.8, 4) is 0 Å². The Balaban J connectivity index is 1.59. The molecule has 4 N–H and O–H groups in total. The highest BCUT2D eigenvalue weighted by Gasteiger charge is 2.13. The number of fused-ring (bicyclic) bond motifs is 1. The Kier molecular flexibility index (Phi) is 6.18. The van der Waals surface area contributed by atoms with Crippen LogP contribution < -0.4 is 15.6 Å². The highest BCUT2D eigenvalue weighted by atomic mass is 32.2. The van der Waals surface area contributed by atoms with Crippen molar-refractivity contribution < 1.29 is 18.0 Å². The number of aromatic amines is 1. The van der Waals surface area contributed by atoms with Crippen LogP contribution >= 0.6 is 0 Å². The molecular formula is C20H22N4O4S. The Hall–Kier alpha value is -3.33. The zero-order valence-electron chi connectivity index (χ0n) is 15.9. The molecule has 0 fully saturated rings. The number of benzene rings is 2. The van der Waals surface area contributed by atoms with Crippen molar-refractivity contribution in [2.75, 3.05) is 10.5 Å². The molecule has 0 unspecified atom stereocenters. The normalized spacial score (nSPS) is 11.2. The predicted molar refractivity (Wildman–Crippen MR) is 112 cm³/mol. The van der Waals surface area contributed by atoms with Crippen molar-refractivity contribution in [2.45, 2.75) is 19.8 Å². The molecule has 0 saturated heterocycles. The highest BCUT2D eigenvalue weighted by Crippen LogP contribution is 2.18. The van der Waals surface area contributed by atoms with Gasteiger partial charge in [0.1, 0.15) is 0 Å². The third-order valence-electron chi connectivity index (χ3n) is 4.21. The van der Waals surface area contributed by atoms with Gasteiger partial charge in [-0.2, -0.15) is 0 Å². The number of rotatable bonds is 7. The van der Waals surface area contributed by atoms with Crippen molar-refractivity contribution in [1.29, 1.82) is 0 Å². The van der Waals surface area contributed by atoms with Gasteiger partial charge in [0.15, 0.2) is 0 Å². The zero-order chi connectivity index (χ0) is 20.9. The van der Waals surface area contributed by atoms with Crippen molar-refractivity contribution in [2.24, 2.45) is 0 Å². The van der Waals surface area contributed by atoms with Crippen molar-refractivity contribution in [3.63, 3.8) is 0 Å². The van der Waals surface area contributed by atoms with Gasteiger partial charge in [0, 0.05) is 28.4 Å². The number of sulfonamides is 1. The van der Waals surface area contributed by atoms with E-state index < -0.39 is 15.9 Å². The Morgan fingerprint density at radius 1 is 1.03 bits per heavy atom. The first-order chi connectivity index (χ1) is 13.9. The average molecular weight is 414 g/mol. The third-order valence-corrected chi connectivity index (χ3v) is 5.70. The first-order valence-corrected chi connectivity index (χ1v) is 10.8. The topological polar surface area (TPSA) is 120 Å². The Morgan fingerprint density at radius 2 is 1.83 bits per heavy atom. The minimum Gasteiger partial charge on any atom is -0.361 e. The molecule has 152 valence electrons. The van der Waals surface area contributed by atoms with E-state index >= 15 is 0 Å². The molecule has 3 aromatic rings. The second-order valence-electron chi connectivity index (χ2n) is 6.54. The van der Waals surface area contributed by atoms with Crippen molar-refractivity contribution in [1.82, 2.24) is 15.8 Å². The number of carbonyl (C=O) groups is 2. The van der Waals surface area contributed by atoms with Gasteiger partial charge >= 0.3 is 0 Å². The summed E-state index contributed by atoms with van der Waals surface area (Å²) in [6.07, 6.45) is 2.34. The van der Waals surface area contributed by atoms with Crippen LogP contribution in [0.25, 0.3) is 10.9 Å². The maximum atomic E-state index is 12.3. The fourth-order valence-electron chi connectivity index (χ4n) is 2.92. The van der Waals surface area contributed by atoms with E-state index in [4.69, 9.17) is 0 Å². The van der Waals surface area contributed by atoms with E-state index in [9.17, 15) is 18.0 Å².